The Bertz CT molecular complexity index is 524. The zero-order chi connectivity index (χ0) is 15.3. The number of amides is 2. The molecule has 0 spiro atoms. The van der Waals surface area contributed by atoms with E-state index in [2.05, 4.69) is 26.6 Å². The summed E-state index contributed by atoms with van der Waals surface area (Å²) in [4.78, 5) is 22.7. The number of nitrogens with one attached hydrogen (secondary N) is 2. The Hall–Kier alpha value is -1.63. The number of aliphatic carboxylic acids is 1. The summed E-state index contributed by atoms with van der Waals surface area (Å²) >= 11 is 3.14. The van der Waals surface area contributed by atoms with Gasteiger partial charge < -0.3 is 15.7 Å². The topological polar surface area (TPSA) is 78.4 Å². The van der Waals surface area contributed by atoms with Crippen LogP contribution in [0.25, 0.3) is 0 Å². The van der Waals surface area contributed by atoms with Gasteiger partial charge in [0, 0.05) is 16.6 Å². The molecule has 0 aliphatic rings. The molecule has 0 radical (unpaired) electrons. The van der Waals surface area contributed by atoms with Gasteiger partial charge in [-0.05, 0) is 25.5 Å². The smallest absolute Gasteiger partial charge is 0.329 e. The van der Waals surface area contributed by atoms with Gasteiger partial charge in [0.05, 0.1) is 0 Å². The summed E-state index contributed by atoms with van der Waals surface area (Å²) < 4.78 is 14.1. The van der Waals surface area contributed by atoms with E-state index in [1.807, 2.05) is 0 Å². The normalized spacial score (nSPS) is 13.4. The first kappa shape index (κ1) is 16.4. The van der Waals surface area contributed by atoms with E-state index in [1.165, 1.54) is 19.1 Å². The van der Waals surface area contributed by atoms with Gasteiger partial charge in [0.1, 0.15) is 11.4 Å². The van der Waals surface area contributed by atoms with Crippen molar-refractivity contribution in [2.45, 2.75) is 32.4 Å². The molecular weight excluding hydrogens is 331 g/mol. The molecule has 110 valence electrons. The third-order valence-electron chi connectivity index (χ3n) is 3.02. The first-order chi connectivity index (χ1) is 9.28. The Labute approximate surface area is 124 Å². The number of carbonyl (C=O) groups is 2. The van der Waals surface area contributed by atoms with Crippen LogP contribution in [-0.4, -0.2) is 22.6 Å². The molecule has 20 heavy (non-hydrogen) atoms. The number of hydrogen-bond acceptors (Lipinski definition) is 2. The summed E-state index contributed by atoms with van der Waals surface area (Å²) in [6.07, 6.45) is 0.238. The van der Waals surface area contributed by atoms with Crippen molar-refractivity contribution in [2.24, 2.45) is 0 Å². The average Bonchev–Trinajstić information content (AvgIpc) is 2.37. The molecule has 5 nitrogen and oxygen atoms in total. The zero-order valence-corrected chi connectivity index (χ0v) is 12.8. The van der Waals surface area contributed by atoms with E-state index in [4.69, 9.17) is 5.11 Å². The lowest BCUT2D eigenvalue weighted by atomic mass is 10.00. The van der Waals surface area contributed by atoms with Gasteiger partial charge in [0.15, 0.2) is 0 Å². The second kappa shape index (κ2) is 6.69. The summed E-state index contributed by atoms with van der Waals surface area (Å²) in [5.74, 6) is -1.57. The fourth-order valence-corrected chi connectivity index (χ4v) is 1.76. The van der Waals surface area contributed by atoms with Crippen LogP contribution in [0, 0.1) is 5.82 Å². The molecule has 0 fully saturated rings. The summed E-state index contributed by atoms with van der Waals surface area (Å²) in [7, 11) is 0. The second-order valence-electron chi connectivity index (χ2n) is 4.53. The number of hydrogen-bond donors (Lipinski definition) is 3. The Morgan fingerprint density at radius 1 is 1.45 bits per heavy atom. The van der Waals surface area contributed by atoms with Crippen molar-refractivity contribution in [3.63, 3.8) is 0 Å². The summed E-state index contributed by atoms with van der Waals surface area (Å²) in [5.41, 5.74) is -1.03. The van der Waals surface area contributed by atoms with Crippen LogP contribution in [0.3, 0.4) is 0 Å². The molecule has 0 aliphatic heterocycles. The van der Waals surface area contributed by atoms with Crippen molar-refractivity contribution in [3.8, 4) is 0 Å². The highest BCUT2D eigenvalue weighted by molar-refractivity contribution is 9.10. The van der Waals surface area contributed by atoms with Crippen molar-refractivity contribution in [1.82, 2.24) is 10.6 Å². The van der Waals surface area contributed by atoms with E-state index in [0.717, 1.165) is 0 Å². The van der Waals surface area contributed by atoms with Crippen molar-refractivity contribution < 1.29 is 19.1 Å². The van der Waals surface area contributed by atoms with Gasteiger partial charge in [-0.1, -0.05) is 28.9 Å². The Kier molecular flexibility index (Phi) is 5.50. The van der Waals surface area contributed by atoms with Gasteiger partial charge in [0.25, 0.3) is 0 Å². The predicted octanol–water partition coefficient (Wildman–Crippen LogP) is 2.64. The number of benzene rings is 1. The molecule has 1 rings (SSSR count). The van der Waals surface area contributed by atoms with E-state index >= 15 is 0 Å². The number of carboxylic acid groups (broad SMARTS) is 1. The molecule has 1 atom stereocenters. The van der Waals surface area contributed by atoms with Crippen LogP contribution in [0.5, 0.6) is 0 Å². The molecular formula is C13H16BrFN2O3. The first-order valence-electron chi connectivity index (χ1n) is 6.02. The molecule has 0 aliphatic carbocycles. The molecule has 0 saturated heterocycles. The molecule has 0 aromatic heterocycles. The Morgan fingerprint density at radius 2 is 2.10 bits per heavy atom. The number of carboxylic acids is 1. The number of carbonyl (C=O) groups excluding carboxylic acids is 1. The van der Waals surface area contributed by atoms with E-state index in [-0.39, 0.29) is 13.0 Å². The maximum Gasteiger partial charge on any atom is 0.329 e. The summed E-state index contributed by atoms with van der Waals surface area (Å²) in [5, 5.41) is 13.8. The quantitative estimate of drug-likeness (QED) is 0.766. The van der Waals surface area contributed by atoms with Crippen LogP contribution < -0.4 is 10.6 Å². The standard InChI is InChI=1S/C13H16BrFN2O3/c1-3-13(2,11(18)19)17-12(20)16-7-8-4-5-9(14)6-10(8)15/h4-6H,3,7H2,1-2H3,(H,18,19)(H2,16,17,20). The van der Waals surface area contributed by atoms with Crippen molar-refractivity contribution in [1.29, 1.82) is 0 Å². The number of urea groups is 1. The summed E-state index contributed by atoms with van der Waals surface area (Å²) in [6, 6.07) is 3.84. The lowest BCUT2D eigenvalue weighted by molar-refractivity contribution is -0.143. The lowest BCUT2D eigenvalue weighted by Crippen LogP contribution is -2.54. The molecule has 2 amide bonds. The second-order valence-corrected chi connectivity index (χ2v) is 5.45. The maximum absolute atomic E-state index is 13.5. The molecule has 1 aromatic carbocycles. The van der Waals surface area contributed by atoms with Crippen LogP contribution in [0.4, 0.5) is 9.18 Å². The van der Waals surface area contributed by atoms with E-state index in [0.29, 0.717) is 10.0 Å². The van der Waals surface area contributed by atoms with Crippen LogP contribution in [-0.2, 0) is 11.3 Å². The van der Waals surface area contributed by atoms with Crippen molar-refractivity contribution >= 4 is 27.9 Å². The minimum Gasteiger partial charge on any atom is -0.480 e. The third kappa shape index (κ3) is 4.19. The van der Waals surface area contributed by atoms with E-state index in [1.54, 1.807) is 13.0 Å². The fraction of sp³-hybridized carbons (Fsp3) is 0.385. The van der Waals surface area contributed by atoms with Crippen molar-refractivity contribution in [2.75, 3.05) is 0 Å². The van der Waals surface area contributed by atoms with Gasteiger partial charge >= 0.3 is 12.0 Å². The maximum atomic E-state index is 13.5. The highest BCUT2D eigenvalue weighted by Gasteiger charge is 2.32. The Morgan fingerprint density at radius 3 is 2.60 bits per heavy atom. The van der Waals surface area contributed by atoms with Gasteiger partial charge in [-0.15, -0.1) is 0 Å². The molecule has 3 N–H and O–H groups in total. The number of rotatable bonds is 5. The van der Waals surface area contributed by atoms with Crippen LogP contribution >= 0.6 is 15.9 Å². The monoisotopic (exact) mass is 346 g/mol. The summed E-state index contributed by atoms with van der Waals surface area (Å²) in [6.45, 7) is 3.04. The highest BCUT2D eigenvalue weighted by atomic mass is 79.9. The minimum atomic E-state index is -1.34. The molecule has 0 saturated carbocycles. The molecule has 0 bridgehead atoms. The SMILES string of the molecule is CCC(C)(NC(=O)NCc1ccc(Br)cc1F)C(=O)O. The fourth-order valence-electron chi connectivity index (χ4n) is 1.43. The van der Waals surface area contributed by atoms with Crippen molar-refractivity contribution in [3.05, 3.63) is 34.1 Å². The molecule has 1 unspecified atom stereocenters. The molecule has 0 heterocycles. The lowest BCUT2D eigenvalue weighted by Gasteiger charge is -2.24. The zero-order valence-electron chi connectivity index (χ0n) is 11.2. The minimum absolute atomic E-state index is 0.0235. The third-order valence-corrected chi connectivity index (χ3v) is 3.52. The van der Waals surface area contributed by atoms with Crippen LogP contribution in [0.15, 0.2) is 22.7 Å². The molecule has 7 heteroatoms. The largest absolute Gasteiger partial charge is 0.480 e. The number of halogens is 2. The predicted molar refractivity (Wildman–Crippen MR) is 75.8 cm³/mol. The average molecular weight is 347 g/mol. The van der Waals surface area contributed by atoms with E-state index in [9.17, 15) is 14.0 Å². The van der Waals surface area contributed by atoms with E-state index < -0.39 is 23.4 Å². The first-order valence-corrected chi connectivity index (χ1v) is 6.81. The van der Waals surface area contributed by atoms with Gasteiger partial charge in [-0.2, -0.15) is 0 Å². The van der Waals surface area contributed by atoms with Crippen LogP contribution in [0.2, 0.25) is 0 Å². The Balaban J connectivity index is 2.62. The van der Waals surface area contributed by atoms with Gasteiger partial charge in [-0.3, -0.25) is 0 Å². The molecule has 1 aromatic rings. The highest BCUT2D eigenvalue weighted by Crippen LogP contribution is 2.15. The van der Waals surface area contributed by atoms with Crippen LogP contribution in [0.1, 0.15) is 25.8 Å². The van der Waals surface area contributed by atoms with Gasteiger partial charge in [0.2, 0.25) is 0 Å². The van der Waals surface area contributed by atoms with Gasteiger partial charge in [-0.25, -0.2) is 14.0 Å².